The van der Waals surface area contributed by atoms with E-state index in [2.05, 4.69) is 40.6 Å². The minimum absolute atomic E-state index is 1.03. The van der Waals surface area contributed by atoms with Crippen LogP contribution in [0.1, 0.15) is 5.01 Å². The SMILES string of the molecule is C(=CC=Cc1nc2ccccc2s1)C=CC=C1Nc2ccccc2S1. The van der Waals surface area contributed by atoms with E-state index in [1.165, 1.54) is 15.3 Å². The van der Waals surface area contributed by atoms with E-state index >= 15 is 0 Å². The number of allylic oxidation sites excluding steroid dienone is 6. The number of benzene rings is 2. The van der Waals surface area contributed by atoms with Crippen LogP contribution in [-0.4, -0.2) is 4.98 Å². The van der Waals surface area contributed by atoms with Crippen molar-refractivity contribution < 1.29 is 0 Å². The minimum Gasteiger partial charge on any atom is -0.349 e. The first-order chi connectivity index (χ1) is 12.4. The highest BCUT2D eigenvalue weighted by Crippen LogP contribution is 2.40. The second-order valence-corrected chi connectivity index (χ2v) is 7.55. The van der Waals surface area contributed by atoms with Crippen molar-refractivity contribution in [1.82, 2.24) is 4.98 Å². The van der Waals surface area contributed by atoms with Gasteiger partial charge in [0, 0.05) is 4.90 Å². The summed E-state index contributed by atoms with van der Waals surface area (Å²) in [7, 11) is 0. The van der Waals surface area contributed by atoms with Gasteiger partial charge in [0.15, 0.2) is 0 Å². The first-order valence-electron chi connectivity index (χ1n) is 8.00. The van der Waals surface area contributed by atoms with E-state index in [0.29, 0.717) is 0 Å². The summed E-state index contributed by atoms with van der Waals surface area (Å²) in [6.45, 7) is 0. The van der Waals surface area contributed by atoms with Gasteiger partial charge in [-0.05, 0) is 36.4 Å². The Bertz CT molecular complexity index is 949. The molecule has 2 heterocycles. The zero-order chi connectivity index (χ0) is 16.9. The van der Waals surface area contributed by atoms with Gasteiger partial charge in [0.2, 0.25) is 0 Å². The molecule has 3 aromatic rings. The van der Waals surface area contributed by atoms with Crippen molar-refractivity contribution in [2.75, 3.05) is 5.32 Å². The van der Waals surface area contributed by atoms with E-state index in [4.69, 9.17) is 0 Å². The average Bonchev–Trinajstić information content (AvgIpc) is 3.23. The molecule has 2 nitrogen and oxygen atoms in total. The molecule has 0 saturated heterocycles. The lowest BCUT2D eigenvalue weighted by Crippen LogP contribution is -1.86. The van der Waals surface area contributed by atoms with Crippen LogP contribution in [0.4, 0.5) is 5.69 Å². The van der Waals surface area contributed by atoms with Gasteiger partial charge in [0.1, 0.15) is 5.01 Å². The van der Waals surface area contributed by atoms with Gasteiger partial charge >= 0.3 is 0 Å². The topological polar surface area (TPSA) is 24.9 Å². The number of hydrogen-bond donors (Lipinski definition) is 1. The van der Waals surface area contributed by atoms with Gasteiger partial charge in [-0.1, -0.05) is 66.4 Å². The molecule has 1 aromatic heterocycles. The summed E-state index contributed by atoms with van der Waals surface area (Å²) in [4.78, 5) is 5.85. The monoisotopic (exact) mass is 360 g/mol. The van der Waals surface area contributed by atoms with Gasteiger partial charge in [0.05, 0.1) is 20.9 Å². The summed E-state index contributed by atoms with van der Waals surface area (Å²) in [6, 6.07) is 16.5. The minimum atomic E-state index is 1.03. The molecule has 0 spiro atoms. The van der Waals surface area contributed by atoms with Crippen molar-refractivity contribution >= 4 is 45.1 Å². The molecular formula is C21H16N2S2. The molecule has 0 fully saturated rings. The number of rotatable bonds is 4. The summed E-state index contributed by atoms with van der Waals surface area (Å²) < 4.78 is 1.22. The molecule has 25 heavy (non-hydrogen) atoms. The van der Waals surface area contributed by atoms with Gasteiger partial charge in [-0.15, -0.1) is 11.3 Å². The summed E-state index contributed by atoms with van der Waals surface area (Å²) in [6.07, 6.45) is 14.3. The molecule has 0 bridgehead atoms. The molecule has 122 valence electrons. The summed E-state index contributed by atoms with van der Waals surface area (Å²) >= 11 is 3.46. The van der Waals surface area contributed by atoms with Crippen LogP contribution in [0.2, 0.25) is 0 Å². The van der Waals surface area contributed by atoms with Crippen LogP contribution in [-0.2, 0) is 0 Å². The zero-order valence-corrected chi connectivity index (χ0v) is 15.1. The van der Waals surface area contributed by atoms with Crippen molar-refractivity contribution in [2.24, 2.45) is 0 Å². The summed E-state index contributed by atoms with van der Waals surface area (Å²) in [5, 5.41) is 5.58. The Balaban J connectivity index is 1.32. The third-order valence-corrected chi connectivity index (χ3v) is 5.64. The quantitative estimate of drug-likeness (QED) is 0.539. The van der Waals surface area contributed by atoms with Crippen molar-refractivity contribution in [1.29, 1.82) is 0 Å². The Morgan fingerprint density at radius 3 is 2.56 bits per heavy atom. The van der Waals surface area contributed by atoms with Crippen LogP contribution in [0.3, 0.4) is 0 Å². The Labute approximate surface area is 155 Å². The normalized spacial score (nSPS) is 15.8. The molecule has 1 N–H and O–H groups in total. The van der Waals surface area contributed by atoms with Crippen LogP contribution in [0, 0.1) is 0 Å². The molecule has 0 aliphatic carbocycles. The maximum absolute atomic E-state index is 4.58. The largest absolute Gasteiger partial charge is 0.349 e. The van der Waals surface area contributed by atoms with Crippen molar-refractivity contribution in [3.8, 4) is 0 Å². The fourth-order valence-corrected chi connectivity index (χ4v) is 4.25. The highest BCUT2D eigenvalue weighted by Gasteiger charge is 2.13. The zero-order valence-electron chi connectivity index (χ0n) is 13.4. The first kappa shape index (κ1) is 15.9. The fraction of sp³-hybridized carbons (Fsp3) is 0. The number of anilines is 1. The Hall–Kier alpha value is -2.56. The van der Waals surface area contributed by atoms with Gasteiger partial charge in [-0.3, -0.25) is 0 Å². The van der Waals surface area contributed by atoms with Crippen LogP contribution >= 0.6 is 23.1 Å². The second-order valence-electron chi connectivity index (χ2n) is 5.40. The molecule has 2 aromatic carbocycles. The molecule has 4 heteroatoms. The highest BCUT2D eigenvalue weighted by molar-refractivity contribution is 8.03. The molecule has 0 saturated carbocycles. The van der Waals surface area contributed by atoms with E-state index in [0.717, 1.165) is 15.6 Å². The second kappa shape index (κ2) is 7.55. The van der Waals surface area contributed by atoms with E-state index in [9.17, 15) is 0 Å². The van der Waals surface area contributed by atoms with Crippen molar-refractivity contribution in [3.05, 3.63) is 95.0 Å². The maximum Gasteiger partial charge on any atom is 0.117 e. The number of fused-ring (bicyclic) bond motifs is 2. The molecule has 0 amide bonds. The number of hydrogen-bond acceptors (Lipinski definition) is 4. The number of thioether (sulfide) groups is 1. The Kier molecular flexibility index (Phi) is 4.81. The number of nitrogens with zero attached hydrogens (tertiary/aromatic N) is 1. The molecule has 0 atom stereocenters. The van der Waals surface area contributed by atoms with E-state index in [1.54, 1.807) is 23.1 Å². The van der Waals surface area contributed by atoms with Crippen LogP contribution < -0.4 is 5.32 Å². The molecular weight excluding hydrogens is 344 g/mol. The van der Waals surface area contributed by atoms with Gasteiger partial charge in [-0.2, -0.15) is 0 Å². The molecule has 1 aliphatic rings. The van der Waals surface area contributed by atoms with Gasteiger partial charge < -0.3 is 5.32 Å². The lowest BCUT2D eigenvalue weighted by Gasteiger charge is -1.95. The number of thiazole rings is 1. The molecule has 4 rings (SSSR count). The average molecular weight is 361 g/mol. The predicted molar refractivity (Wildman–Crippen MR) is 111 cm³/mol. The van der Waals surface area contributed by atoms with Crippen molar-refractivity contribution in [2.45, 2.75) is 4.90 Å². The van der Waals surface area contributed by atoms with E-state index in [1.807, 2.05) is 60.7 Å². The number of nitrogens with one attached hydrogen (secondary N) is 1. The lowest BCUT2D eigenvalue weighted by atomic mass is 10.3. The van der Waals surface area contributed by atoms with Crippen LogP contribution in [0.25, 0.3) is 16.3 Å². The first-order valence-corrected chi connectivity index (χ1v) is 9.63. The highest BCUT2D eigenvalue weighted by atomic mass is 32.2. The Morgan fingerprint density at radius 2 is 1.64 bits per heavy atom. The smallest absolute Gasteiger partial charge is 0.117 e. The van der Waals surface area contributed by atoms with Gasteiger partial charge in [-0.25, -0.2) is 4.98 Å². The molecule has 1 aliphatic heterocycles. The van der Waals surface area contributed by atoms with E-state index < -0.39 is 0 Å². The van der Waals surface area contributed by atoms with Crippen LogP contribution in [0.15, 0.2) is 94.9 Å². The Morgan fingerprint density at radius 1 is 0.840 bits per heavy atom. The van der Waals surface area contributed by atoms with E-state index in [-0.39, 0.29) is 0 Å². The van der Waals surface area contributed by atoms with Crippen LogP contribution in [0.5, 0.6) is 0 Å². The third-order valence-electron chi connectivity index (χ3n) is 3.61. The fourth-order valence-electron chi connectivity index (χ4n) is 2.45. The summed E-state index contributed by atoms with van der Waals surface area (Å²) in [5.74, 6) is 0. The summed E-state index contributed by atoms with van der Waals surface area (Å²) in [5.41, 5.74) is 2.24. The molecule has 0 radical (unpaired) electrons. The standard InChI is InChI=1S/C21H16N2S2/c1(2-4-14-20-22-16-10-6-8-12-18(16)24-20)3-5-15-21-23-17-11-7-9-13-19(17)25-21/h1-15,22H. The lowest BCUT2D eigenvalue weighted by molar-refractivity contribution is 1.46. The van der Waals surface area contributed by atoms with Crippen molar-refractivity contribution in [3.63, 3.8) is 0 Å². The predicted octanol–water partition coefficient (Wildman–Crippen LogP) is 6.48. The number of para-hydroxylation sites is 2. The number of aromatic nitrogens is 1. The molecule has 0 unspecified atom stereocenters. The maximum atomic E-state index is 4.58. The van der Waals surface area contributed by atoms with Gasteiger partial charge in [0.25, 0.3) is 0 Å². The third kappa shape index (κ3) is 3.92.